The molecular weight excluding hydrogens is 194 g/mol. The maximum atomic E-state index is 11.7. The monoisotopic (exact) mass is 211 g/mol. The number of hydrogen-bond acceptors (Lipinski definition) is 3. The summed E-state index contributed by atoms with van der Waals surface area (Å²) in [6.45, 7) is 6.41. The van der Waals surface area contributed by atoms with Gasteiger partial charge >= 0.3 is 6.09 Å². The van der Waals surface area contributed by atoms with Gasteiger partial charge in [-0.3, -0.25) is 4.79 Å². The molecule has 1 heterocycles. The zero-order valence-corrected chi connectivity index (χ0v) is 9.45. The van der Waals surface area contributed by atoms with E-state index in [1.165, 1.54) is 4.90 Å². The Morgan fingerprint density at radius 1 is 1.47 bits per heavy atom. The molecule has 4 nitrogen and oxygen atoms in total. The lowest BCUT2D eigenvalue weighted by Gasteiger charge is -2.29. The van der Waals surface area contributed by atoms with E-state index in [4.69, 9.17) is 4.74 Å². The van der Waals surface area contributed by atoms with Gasteiger partial charge in [0.2, 0.25) is 0 Å². The van der Waals surface area contributed by atoms with Crippen LogP contribution in [0, 0.1) is 11.8 Å². The van der Waals surface area contributed by atoms with E-state index in [9.17, 15) is 9.59 Å². The fourth-order valence-corrected chi connectivity index (χ4v) is 1.96. The highest BCUT2D eigenvalue weighted by Gasteiger charge is 2.49. The maximum Gasteiger partial charge on any atom is 0.410 e. The Balaban J connectivity index is 1.93. The summed E-state index contributed by atoms with van der Waals surface area (Å²) < 4.78 is 5.23. The first kappa shape index (κ1) is 10.5. The van der Waals surface area contributed by atoms with Gasteiger partial charge in [-0.15, -0.1) is 0 Å². The molecule has 1 amide bonds. The van der Waals surface area contributed by atoms with Crippen LogP contribution in [-0.4, -0.2) is 35.5 Å². The first-order chi connectivity index (χ1) is 6.87. The predicted octanol–water partition coefficient (Wildman–Crippen LogP) is 1.44. The summed E-state index contributed by atoms with van der Waals surface area (Å²) in [5, 5.41) is 0. The Kier molecular flexibility index (Phi) is 2.24. The third kappa shape index (κ3) is 2.30. The molecule has 1 aliphatic heterocycles. The van der Waals surface area contributed by atoms with Crippen LogP contribution in [0.5, 0.6) is 0 Å². The smallest absolute Gasteiger partial charge is 0.410 e. The third-order valence-corrected chi connectivity index (χ3v) is 2.79. The van der Waals surface area contributed by atoms with Crippen LogP contribution >= 0.6 is 0 Å². The second kappa shape index (κ2) is 3.22. The number of carbonyl (C=O) groups is 2. The van der Waals surface area contributed by atoms with E-state index in [0.717, 1.165) is 6.42 Å². The van der Waals surface area contributed by atoms with E-state index in [0.29, 0.717) is 12.5 Å². The summed E-state index contributed by atoms with van der Waals surface area (Å²) in [6.07, 6.45) is 0.596. The number of Topliss-reactive ketones (excluding diaryl/α,β-unsaturated/α-hetero) is 1. The molecule has 0 radical (unpaired) electrons. The number of fused-ring (bicyclic) bond motifs is 1. The molecule has 1 saturated heterocycles. The van der Waals surface area contributed by atoms with Crippen molar-refractivity contribution in [2.24, 2.45) is 11.8 Å². The second-order valence-corrected chi connectivity index (χ2v) is 5.43. The molecule has 2 unspecified atom stereocenters. The highest BCUT2D eigenvalue weighted by atomic mass is 16.6. The van der Waals surface area contributed by atoms with E-state index < -0.39 is 5.60 Å². The number of nitrogens with zero attached hydrogens (tertiary/aromatic N) is 1. The minimum atomic E-state index is -0.486. The number of piperidine rings is 1. The summed E-state index contributed by atoms with van der Waals surface area (Å²) >= 11 is 0. The molecule has 2 rings (SSSR count). The molecule has 1 saturated carbocycles. The van der Waals surface area contributed by atoms with Gasteiger partial charge in [-0.05, 0) is 33.1 Å². The Labute approximate surface area is 89.6 Å². The predicted molar refractivity (Wildman–Crippen MR) is 54.4 cm³/mol. The van der Waals surface area contributed by atoms with Crippen molar-refractivity contribution in [3.05, 3.63) is 0 Å². The van der Waals surface area contributed by atoms with Crippen LogP contribution in [0.2, 0.25) is 0 Å². The lowest BCUT2D eigenvalue weighted by atomic mass is 10.1. The quantitative estimate of drug-likeness (QED) is 0.609. The van der Waals surface area contributed by atoms with Crippen LogP contribution in [0.1, 0.15) is 27.2 Å². The molecule has 4 heteroatoms. The number of likely N-dealkylation sites (tertiary alicyclic amines) is 1. The first-order valence-corrected chi connectivity index (χ1v) is 5.37. The van der Waals surface area contributed by atoms with Gasteiger partial charge in [0, 0.05) is 12.5 Å². The van der Waals surface area contributed by atoms with E-state index in [1.54, 1.807) is 0 Å². The van der Waals surface area contributed by atoms with E-state index in [1.807, 2.05) is 20.8 Å². The first-order valence-electron chi connectivity index (χ1n) is 5.37. The summed E-state index contributed by atoms with van der Waals surface area (Å²) in [7, 11) is 0. The maximum absolute atomic E-state index is 11.7. The van der Waals surface area contributed by atoms with Crippen molar-refractivity contribution in [2.45, 2.75) is 32.8 Å². The number of rotatable bonds is 0. The molecule has 0 bridgehead atoms. The summed E-state index contributed by atoms with van der Waals surface area (Å²) in [4.78, 5) is 24.7. The van der Waals surface area contributed by atoms with E-state index >= 15 is 0 Å². The van der Waals surface area contributed by atoms with Gasteiger partial charge in [-0.25, -0.2) is 4.79 Å². The van der Waals surface area contributed by atoms with E-state index in [2.05, 4.69) is 0 Å². The average molecular weight is 211 g/mol. The zero-order valence-electron chi connectivity index (χ0n) is 9.45. The topological polar surface area (TPSA) is 46.6 Å². The van der Waals surface area contributed by atoms with Crippen molar-refractivity contribution in [1.82, 2.24) is 4.90 Å². The number of carbonyl (C=O) groups excluding carboxylic acids is 2. The molecule has 15 heavy (non-hydrogen) atoms. The minimum absolute atomic E-state index is 0.192. The number of ketones is 1. The standard InChI is InChI=1S/C11H17NO3/c1-11(2,3)15-10(14)12-5-7-4-8(7)9(13)6-12/h7-8H,4-6H2,1-3H3. The largest absolute Gasteiger partial charge is 0.444 e. The van der Waals surface area contributed by atoms with Crippen LogP contribution < -0.4 is 0 Å². The Morgan fingerprint density at radius 3 is 2.67 bits per heavy atom. The molecule has 2 atom stereocenters. The molecule has 0 aromatic rings. The summed E-state index contributed by atoms with van der Waals surface area (Å²) in [5.74, 6) is 0.833. The van der Waals surface area contributed by atoms with Gasteiger partial charge in [0.25, 0.3) is 0 Å². The fraction of sp³-hybridized carbons (Fsp3) is 0.818. The van der Waals surface area contributed by atoms with Crippen molar-refractivity contribution in [2.75, 3.05) is 13.1 Å². The molecule has 0 aromatic carbocycles. The van der Waals surface area contributed by atoms with E-state index in [-0.39, 0.29) is 24.3 Å². The number of ether oxygens (including phenoxy) is 1. The van der Waals surface area contributed by atoms with Gasteiger partial charge < -0.3 is 9.64 Å². The third-order valence-electron chi connectivity index (χ3n) is 2.79. The lowest BCUT2D eigenvalue weighted by Crippen LogP contribution is -2.44. The average Bonchev–Trinajstić information content (AvgIpc) is 2.79. The fourth-order valence-electron chi connectivity index (χ4n) is 1.96. The van der Waals surface area contributed by atoms with Crippen LogP contribution in [0.4, 0.5) is 4.79 Å². The highest BCUT2D eigenvalue weighted by Crippen LogP contribution is 2.42. The van der Waals surface area contributed by atoms with Crippen LogP contribution in [-0.2, 0) is 9.53 Å². The SMILES string of the molecule is CC(C)(C)OC(=O)N1CC(=O)C2CC2C1. The summed E-state index contributed by atoms with van der Waals surface area (Å²) in [5.41, 5.74) is -0.486. The van der Waals surface area contributed by atoms with Crippen LogP contribution in [0.3, 0.4) is 0 Å². The zero-order chi connectivity index (χ0) is 11.2. The van der Waals surface area contributed by atoms with Crippen molar-refractivity contribution in [3.63, 3.8) is 0 Å². The molecule has 1 aliphatic carbocycles. The van der Waals surface area contributed by atoms with Crippen LogP contribution in [0.25, 0.3) is 0 Å². The summed E-state index contributed by atoms with van der Waals surface area (Å²) in [6, 6.07) is 0. The van der Waals surface area contributed by atoms with Crippen LogP contribution in [0.15, 0.2) is 0 Å². The highest BCUT2D eigenvalue weighted by molar-refractivity contribution is 5.89. The molecule has 0 aromatic heterocycles. The normalized spacial score (nSPS) is 29.8. The number of amides is 1. The van der Waals surface area contributed by atoms with Gasteiger partial charge in [0.05, 0.1) is 6.54 Å². The van der Waals surface area contributed by atoms with Crippen molar-refractivity contribution < 1.29 is 14.3 Å². The van der Waals surface area contributed by atoms with Gasteiger partial charge in [-0.2, -0.15) is 0 Å². The van der Waals surface area contributed by atoms with Crippen molar-refractivity contribution in [3.8, 4) is 0 Å². The Bertz CT molecular complexity index is 305. The molecular formula is C11H17NO3. The van der Waals surface area contributed by atoms with Gasteiger partial charge in [0.15, 0.2) is 5.78 Å². The second-order valence-electron chi connectivity index (χ2n) is 5.43. The Morgan fingerprint density at radius 2 is 2.13 bits per heavy atom. The number of hydrogen-bond donors (Lipinski definition) is 0. The van der Waals surface area contributed by atoms with Crippen molar-refractivity contribution in [1.29, 1.82) is 0 Å². The molecule has 0 N–H and O–H groups in total. The molecule has 0 spiro atoms. The molecule has 2 aliphatic rings. The molecule has 84 valence electrons. The lowest BCUT2D eigenvalue weighted by molar-refractivity contribution is -0.123. The molecule has 2 fully saturated rings. The Hall–Kier alpha value is -1.06. The van der Waals surface area contributed by atoms with Gasteiger partial charge in [0.1, 0.15) is 5.60 Å². The van der Waals surface area contributed by atoms with Gasteiger partial charge in [-0.1, -0.05) is 0 Å². The van der Waals surface area contributed by atoms with Crippen molar-refractivity contribution >= 4 is 11.9 Å². The minimum Gasteiger partial charge on any atom is -0.444 e.